The van der Waals surface area contributed by atoms with Gasteiger partial charge in [0.25, 0.3) is 0 Å². The van der Waals surface area contributed by atoms with Crippen LogP contribution in [0.1, 0.15) is 5.56 Å². The molecule has 12 heavy (non-hydrogen) atoms. The topological polar surface area (TPSA) is 52.8 Å². The average Bonchev–Trinajstić information content (AvgIpc) is 2.57. The Kier molecular flexibility index (Phi) is 1.59. The third kappa shape index (κ3) is 1.07. The highest BCUT2D eigenvalue weighted by Gasteiger charge is 1.96. The van der Waals surface area contributed by atoms with Gasteiger partial charge >= 0.3 is 0 Å². The van der Waals surface area contributed by atoms with Crippen LogP contribution in [0.3, 0.4) is 0 Å². The van der Waals surface area contributed by atoms with Crippen LogP contribution in [0.5, 0.6) is 0 Å². The Morgan fingerprint density at radius 3 is 2.75 bits per heavy atom. The van der Waals surface area contributed by atoms with E-state index < -0.39 is 0 Å². The molecule has 0 saturated carbocycles. The summed E-state index contributed by atoms with van der Waals surface area (Å²) in [5, 5.41) is 14.4. The lowest BCUT2D eigenvalue weighted by atomic mass is 10.1. The first-order chi connectivity index (χ1) is 5.88. The van der Waals surface area contributed by atoms with Gasteiger partial charge in [0.05, 0.1) is 0 Å². The highest BCUT2D eigenvalue weighted by Crippen LogP contribution is 2.16. The Labute approximate surface area is 69.6 Å². The monoisotopic (exact) mass is 159 g/mol. The summed E-state index contributed by atoms with van der Waals surface area (Å²) >= 11 is 0. The van der Waals surface area contributed by atoms with Crippen molar-refractivity contribution in [3.8, 4) is 11.4 Å². The summed E-state index contributed by atoms with van der Waals surface area (Å²) in [4.78, 5) is 0. The van der Waals surface area contributed by atoms with Gasteiger partial charge in [-0.1, -0.05) is 24.3 Å². The molecule has 2 aromatic rings. The van der Waals surface area contributed by atoms with Crippen molar-refractivity contribution < 1.29 is 0 Å². The van der Waals surface area contributed by atoms with Gasteiger partial charge in [-0.2, -0.15) is 5.21 Å². The molecule has 0 unspecified atom stereocenters. The van der Waals surface area contributed by atoms with E-state index >= 15 is 0 Å². The molecule has 0 spiro atoms. The number of aromatic nitrogens is 4. The van der Waals surface area contributed by atoms with Crippen LogP contribution < -0.4 is 5.10 Å². The molecule has 0 amide bonds. The van der Waals surface area contributed by atoms with E-state index in [1.807, 2.05) is 31.2 Å². The Bertz CT molecular complexity index is 366. The molecular weight excluding hydrogens is 152 g/mol. The van der Waals surface area contributed by atoms with Crippen molar-refractivity contribution in [3.63, 3.8) is 0 Å². The number of hydrogen-bond acceptors (Lipinski definition) is 3. The van der Waals surface area contributed by atoms with Crippen LogP contribution >= 0.6 is 0 Å². The predicted octanol–water partition coefficient (Wildman–Crippen LogP) is 0.804. The molecule has 2 rings (SSSR count). The molecule has 4 heteroatoms. The van der Waals surface area contributed by atoms with Gasteiger partial charge in [0.1, 0.15) is 0 Å². The van der Waals surface area contributed by atoms with E-state index in [1.165, 1.54) is 0 Å². The average molecular weight is 159 g/mol. The summed E-state index contributed by atoms with van der Waals surface area (Å²) in [7, 11) is 0. The van der Waals surface area contributed by atoms with Gasteiger partial charge in [-0.05, 0) is 18.1 Å². The van der Waals surface area contributed by atoms with Gasteiger partial charge in [-0.15, -0.1) is 0 Å². The van der Waals surface area contributed by atoms with Crippen LogP contribution in [0, 0.1) is 6.92 Å². The molecule has 0 aliphatic heterocycles. The third-order valence-corrected chi connectivity index (χ3v) is 1.70. The standard InChI is InChI=1S/C8H7N4/c1-6-4-2-3-5-7(6)8-9-11-12-10-8/h2-5H,1H3/q-1. The molecule has 4 nitrogen and oxygen atoms in total. The maximum atomic E-state index is 3.78. The van der Waals surface area contributed by atoms with Crippen LogP contribution in [-0.4, -0.2) is 15.5 Å². The largest absolute Gasteiger partial charge is 0.330 e. The van der Waals surface area contributed by atoms with E-state index in [0.717, 1.165) is 11.1 Å². The van der Waals surface area contributed by atoms with Gasteiger partial charge in [-0.3, -0.25) is 10.3 Å². The molecule has 0 saturated heterocycles. The van der Waals surface area contributed by atoms with Gasteiger partial charge < -0.3 is 5.10 Å². The van der Waals surface area contributed by atoms with Crippen molar-refractivity contribution in [1.29, 1.82) is 0 Å². The van der Waals surface area contributed by atoms with E-state index in [2.05, 4.69) is 20.6 Å². The number of nitrogens with zero attached hydrogens (tertiary/aromatic N) is 4. The van der Waals surface area contributed by atoms with E-state index in [0.29, 0.717) is 5.82 Å². The van der Waals surface area contributed by atoms with Crippen LogP contribution in [0.25, 0.3) is 11.4 Å². The minimum atomic E-state index is 0.591. The Morgan fingerprint density at radius 1 is 1.25 bits per heavy atom. The normalized spacial score (nSPS) is 10.1. The van der Waals surface area contributed by atoms with E-state index in [1.54, 1.807) is 0 Å². The van der Waals surface area contributed by atoms with Crippen molar-refractivity contribution in [2.75, 3.05) is 0 Å². The molecular formula is C8H7N4-. The SMILES string of the molecule is Cc1ccccc1-c1nnn[n-]1. The molecule has 0 N–H and O–H groups in total. The Morgan fingerprint density at radius 2 is 2.08 bits per heavy atom. The molecule has 0 aliphatic carbocycles. The first kappa shape index (κ1) is 6.97. The van der Waals surface area contributed by atoms with Crippen molar-refractivity contribution in [2.45, 2.75) is 6.92 Å². The maximum Gasteiger partial charge on any atom is 0.0399 e. The fraction of sp³-hybridized carbons (Fsp3) is 0.125. The second kappa shape index (κ2) is 2.73. The zero-order valence-corrected chi connectivity index (χ0v) is 6.60. The first-order valence-electron chi connectivity index (χ1n) is 3.62. The molecule has 1 aromatic heterocycles. The van der Waals surface area contributed by atoms with Crippen LogP contribution in [0.4, 0.5) is 0 Å². The fourth-order valence-electron chi connectivity index (χ4n) is 1.08. The second-order valence-electron chi connectivity index (χ2n) is 2.52. The van der Waals surface area contributed by atoms with E-state index in [4.69, 9.17) is 0 Å². The number of hydrogen-bond donors (Lipinski definition) is 0. The molecule has 1 aromatic carbocycles. The lowest BCUT2D eigenvalue weighted by molar-refractivity contribution is 0.871. The molecule has 60 valence electrons. The van der Waals surface area contributed by atoms with Crippen molar-refractivity contribution >= 4 is 0 Å². The van der Waals surface area contributed by atoms with Crippen molar-refractivity contribution in [3.05, 3.63) is 29.8 Å². The highest BCUT2D eigenvalue weighted by molar-refractivity contribution is 5.58. The van der Waals surface area contributed by atoms with Crippen LogP contribution in [0.2, 0.25) is 0 Å². The van der Waals surface area contributed by atoms with Gasteiger partial charge in [0, 0.05) is 5.82 Å². The predicted molar refractivity (Wildman–Crippen MR) is 43.3 cm³/mol. The van der Waals surface area contributed by atoms with Crippen LogP contribution in [-0.2, 0) is 0 Å². The minimum absolute atomic E-state index is 0.591. The Balaban J connectivity index is 2.55. The molecule has 0 radical (unpaired) electrons. The summed E-state index contributed by atoms with van der Waals surface area (Å²) in [6.07, 6.45) is 0. The van der Waals surface area contributed by atoms with Crippen LogP contribution in [0.15, 0.2) is 24.3 Å². The molecule has 0 aliphatic rings. The second-order valence-corrected chi connectivity index (χ2v) is 2.52. The molecule has 1 heterocycles. The minimum Gasteiger partial charge on any atom is -0.330 e. The van der Waals surface area contributed by atoms with Gasteiger partial charge in [0.2, 0.25) is 0 Å². The summed E-state index contributed by atoms with van der Waals surface area (Å²) in [5.41, 5.74) is 2.12. The number of rotatable bonds is 1. The van der Waals surface area contributed by atoms with Gasteiger partial charge in [-0.25, -0.2) is 0 Å². The maximum absolute atomic E-state index is 3.78. The smallest absolute Gasteiger partial charge is 0.0399 e. The third-order valence-electron chi connectivity index (χ3n) is 1.70. The molecule has 0 fully saturated rings. The van der Waals surface area contributed by atoms with Crippen molar-refractivity contribution in [2.24, 2.45) is 0 Å². The summed E-state index contributed by atoms with van der Waals surface area (Å²) in [6, 6.07) is 7.88. The fourth-order valence-corrected chi connectivity index (χ4v) is 1.08. The van der Waals surface area contributed by atoms with E-state index in [9.17, 15) is 0 Å². The highest BCUT2D eigenvalue weighted by atomic mass is 15.5. The van der Waals surface area contributed by atoms with Gasteiger partial charge in [0.15, 0.2) is 0 Å². The van der Waals surface area contributed by atoms with E-state index in [-0.39, 0.29) is 0 Å². The Hall–Kier alpha value is -1.71. The molecule has 0 bridgehead atoms. The first-order valence-corrected chi connectivity index (χ1v) is 3.62. The zero-order valence-electron chi connectivity index (χ0n) is 6.60. The number of tetrazole rings is 1. The summed E-state index contributed by atoms with van der Waals surface area (Å²) in [5.74, 6) is 0.591. The zero-order chi connectivity index (χ0) is 8.39. The quantitative estimate of drug-likeness (QED) is 0.617. The number of aryl methyl sites for hydroxylation is 1. The van der Waals surface area contributed by atoms with Crippen molar-refractivity contribution in [1.82, 2.24) is 20.6 Å². The molecule has 0 atom stereocenters. The summed E-state index contributed by atoms with van der Waals surface area (Å²) < 4.78 is 0. The summed E-state index contributed by atoms with van der Waals surface area (Å²) in [6.45, 7) is 2.01. The lowest BCUT2D eigenvalue weighted by Gasteiger charge is -2.02. The number of benzene rings is 1. The lowest BCUT2D eigenvalue weighted by Crippen LogP contribution is -1.86.